The number of aromatic nitrogens is 2. The molecule has 4 rings (SSSR count). The van der Waals surface area contributed by atoms with Crippen molar-refractivity contribution in [2.24, 2.45) is 11.8 Å². The van der Waals surface area contributed by atoms with Gasteiger partial charge in [-0.25, -0.2) is 4.98 Å². The molecular weight excluding hydrogens is 256 g/mol. The van der Waals surface area contributed by atoms with Gasteiger partial charge in [0.1, 0.15) is 5.82 Å². The second-order valence-electron chi connectivity index (χ2n) is 6.22. The van der Waals surface area contributed by atoms with E-state index in [-0.39, 0.29) is 0 Å². The summed E-state index contributed by atoms with van der Waals surface area (Å²) < 4.78 is 2.46. The summed E-state index contributed by atoms with van der Waals surface area (Å²) in [5.74, 6) is 3.37. The van der Waals surface area contributed by atoms with E-state index < -0.39 is 0 Å². The molecule has 2 aliphatic rings. The average Bonchev–Trinajstić information content (AvgIpc) is 3.11. The summed E-state index contributed by atoms with van der Waals surface area (Å²) in [5.41, 5.74) is 3.68. The first-order chi connectivity index (χ1) is 9.28. The molecule has 19 heavy (non-hydrogen) atoms. The topological polar surface area (TPSA) is 17.8 Å². The van der Waals surface area contributed by atoms with E-state index in [1.54, 1.807) is 0 Å². The van der Waals surface area contributed by atoms with E-state index in [2.05, 4.69) is 29.7 Å². The van der Waals surface area contributed by atoms with Crippen LogP contribution in [-0.4, -0.2) is 9.55 Å². The molecule has 100 valence electrons. The Morgan fingerprint density at radius 3 is 2.89 bits per heavy atom. The van der Waals surface area contributed by atoms with Crippen LogP contribution in [0.3, 0.4) is 0 Å². The molecular formula is C16H19ClN2. The normalized spacial score (nSPS) is 29.5. The SMILES string of the molecule is Cc1cccc2c1nc(CCl)n2C1CC2CCC1C2. The number of fused-ring (bicyclic) bond motifs is 3. The summed E-state index contributed by atoms with van der Waals surface area (Å²) >= 11 is 6.15. The molecule has 1 aromatic heterocycles. The lowest BCUT2D eigenvalue weighted by Gasteiger charge is -2.25. The third-order valence-corrected chi connectivity index (χ3v) is 5.39. The first-order valence-electron chi connectivity index (χ1n) is 7.30. The van der Waals surface area contributed by atoms with Gasteiger partial charge in [0, 0.05) is 6.04 Å². The summed E-state index contributed by atoms with van der Waals surface area (Å²) in [5, 5.41) is 0. The van der Waals surface area contributed by atoms with Gasteiger partial charge in [0.05, 0.1) is 16.9 Å². The van der Waals surface area contributed by atoms with E-state index in [0.717, 1.165) is 23.2 Å². The molecule has 2 aromatic rings. The summed E-state index contributed by atoms with van der Waals surface area (Å²) in [4.78, 5) is 4.79. The van der Waals surface area contributed by atoms with E-state index in [1.807, 2.05) is 0 Å². The highest BCUT2D eigenvalue weighted by Crippen LogP contribution is 2.51. The maximum Gasteiger partial charge on any atom is 0.125 e. The van der Waals surface area contributed by atoms with Gasteiger partial charge in [0.25, 0.3) is 0 Å². The third kappa shape index (κ3) is 1.66. The second kappa shape index (κ2) is 4.24. The predicted molar refractivity (Wildman–Crippen MR) is 78.5 cm³/mol. The van der Waals surface area contributed by atoms with Gasteiger partial charge >= 0.3 is 0 Å². The molecule has 1 aromatic carbocycles. The molecule has 0 aliphatic heterocycles. The molecule has 3 atom stereocenters. The van der Waals surface area contributed by atoms with Crippen molar-refractivity contribution in [2.45, 2.75) is 44.5 Å². The Balaban J connectivity index is 1.90. The predicted octanol–water partition coefficient (Wildman–Crippen LogP) is 4.44. The van der Waals surface area contributed by atoms with Crippen LogP contribution in [-0.2, 0) is 5.88 Å². The first kappa shape index (κ1) is 11.8. The number of hydrogen-bond acceptors (Lipinski definition) is 1. The van der Waals surface area contributed by atoms with E-state index in [4.69, 9.17) is 16.6 Å². The highest BCUT2D eigenvalue weighted by atomic mass is 35.5. The zero-order chi connectivity index (χ0) is 13.0. The van der Waals surface area contributed by atoms with Crippen LogP contribution in [0.25, 0.3) is 11.0 Å². The van der Waals surface area contributed by atoms with E-state index >= 15 is 0 Å². The van der Waals surface area contributed by atoms with Gasteiger partial charge in [-0.1, -0.05) is 18.6 Å². The van der Waals surface area contributed by atoms with Crippen LogP contribution < -0.4 is 0 Å². The number of hydrogen-bond donors (Lipinski definition) is 0. The quantitative estimate of drug-likeness (QED) is 0.740. The lowest BCUT2D eigenvalue weighted by Crippen LogP contribution is -2.18. The monoisotopic (exact) mass is 274 g/mol. The van der Waals surface area contributed by atoms with Crippen molar-refractivity contribution in [3.05, 3.63) is 29.6 Å². The van der Waals surface area contributed by atoms with Crippen molar-refractivity contribution in [3.8, 4) is 0 Å². The Kier molecular flexibility index (Phi) is 2.63. The lowest BCUT2D eigenvalue weighted by molar-refractivity contribution is 0.331. The molecule has 2 saturated carbocycles. The van der Waals surface area contributed by atoms with Crippen LogP contribution in [0.1, 0.15) is 43.1 Å². The smallest absolute Gasteiger partial charge is 0.125 e. The van der Waals surface area contributed by atoms with Crippen molar-refractivity contribution in [2.75, 3.05) is 0 Å². The highest BCUT2D eigenvalue weighted by Gasteiger charge is 2.41. The second-order valence-corrected chi connectivity index (χ2v) is 6.48. The molecule has 3 unspecified atom stereocenters. The van der Waals surface area contributed by atoms with E-state index in [0.29, 0.717) is 11.9 Å². The summed E-state index contributed by atoms with van der Waals surface area (Å²) in [7, 11) is 0. The molecule has 1 heterocycles. The Hall–Kier alpha value is -1.02. The summed E-state index contributed by atoms with van der Waals surface area (Å²) in [6, 6.07) is 7.12. The fraction of sp³-hybridized carbons (Fsp3) is 0.562. The maximum absolute atomic E-state index is 6.15. The third-order valence-electron chi connectivity index (χ3n) is 5.15. The molecule has 3 heteroatoms. The molecule has 2 fully saturated rings. The van der Waals surface area contributed by atoms with Crippen molar-refractivity contribution in [1.82, 2.24) is 9.55 Å². The first-order valence-corrected chi connectivity index (χ1v) is 7.83. The molecule has 0 radical (unpaired) electrons. The van der Waals surface area contributed by atoms with Gasteiger partial charge in [0.2, 0.25) is 0 Å². The fourth-order valence-corrected chi connectivity index (χ4v) is 4.49. The van der Waals surface area contributed by atoms with E-state index in [1.165, 1.54) is 36.8 Å². The minimum Gasteiger partial charge on any atom is -0.324 e. The Bertz CT molecular complexity index is 631. The van der Waals surface area contributed by atoms with Crippen molar-refractivity contribution >= 4 is 22.6 Å². The largest absolute Gasteiger partial charge is 0.324 e. The number of benzene rings is 1. The summed E-state index contributed by atoms with van der Waals surface area (Å²) in [6.07, 6.45) is 5.57. The van der Waals surface area contributed by atoms with Gasteiger partial charge in [-0.15, -0.1) is 11.6 Å². The van der Waals surface area contributed by atoms with Gasteiger partial charge in [-0.3, -0.25) is 0 Å². The van der Waals surface area contributed by atoms with Crippen LogP contribution in [0.4, 0.5) is 0 Å². The van der Waals surface area contributed by atoms with Crippen LogP contribution >= 0.6 is 11.6 Å². The Morgan fingerprint density at radius 2 is 2.21 bits per heavy atom. The number of imidazole rings is 1. The number of alkyl halides is 1. The van der Waals surface area contributed by atoms with Crippen LogP contribution in [0.15, 0.2) is 18.2 Å². The lowest BCUT2D eigenvalue weighted by atomic mass is 9.95. The molecule has 2 bridgehead atoms. The molecule has 0 saturated heterocycles. The molecule has 0 N–H and O–H groups in total. The number of nitrogens with zero attached hydrogens (tertiary/aromatic N) is 2. The summed E-state index contributed by atoms with van der Waals surface area (Å²) in [6.45, 7) is 2.14. The number of rotatable bonds is 2. The number of para-hydroxylation sites is 1. The van der Waals surface area contributed by atoms with Crippen LogP contribution in [0.5, 0.6) is 0 Å². The highest BCUT2D eigenvalue weighted by molar-refractivity contribution is 6.16. The van der Waals surface area contributed by atoms with Crippen LogP contribution in [0, 0.1) is 18.8 Å². The number of halogens is 1. The van der Waals surface area contributed by atoms with Gasteiger partial charge in [0.15, 0.2) is 0 Å². The number of aryl methyl sites for hydroxylation is 1. The van der Waals surface area contributed by atoms with Gasteiger partial charge < -0.3 is 4.57 Å². The Morgan fingerprint density at radius 1 is 1.32 bits per heavy atom. The minimum absolute atomic E-state index is 0.516. The van der Waals surface area contributed by atoms with Crippen molar-refractivity contribution in [3.63, 3.8) is 0 Å². The zero-order valence-corrected chi connectivity index (χ0v) is 12.0. The standard InChI is InChI=1S/C16H19ClN2/c1-10-3-2-4-13-16(10)18-15(9-17)19(13)14-8-11-5-6-12(14)7-11/h2-4,11-12,14H,5-9H2,1H3. The molecule has 2 aliphatic carbocycles. The zero-order valence-electron chi connectivity index (χ0n) is 11.3. The van der Waals surface area contributed by atoms with Crippen LogP contribution in [0.2, 0.25) is 0 Å². The average molecular weight is 275 g/mol. The van der Waals surface area contributed by atoms with Crippen molar-refractivity contribution in [1.29, 1.82) is 0 Å². The molecule has 0 amide bonds. The molecule has 2 nitrogen and oxygen atoms in total. The fourth-order valence-electron chi connectivity index (χ4n) is 4.30. The molecule has 0 spiro atoms. The van der Waals surface area contributed by atoms with Crippen molar-refractivity contribution < 1.29 is 0 Å². The maximum atomic E-state index is 6.15. The van der Waals surface area contributed by atoms with Gasteiger partial charge in [-0.2, -0.15) is 0 Å². The Labute approximate surface area is 118 Å². The minimum atomic E-state index is 0.516. The van der Waals surface area contributed by atoms with E-state index in [9.17, 15) is 0 Å². The van der Waals surface area contributed by atoms with Gasteiger partial charge in [-0.05, 0) is 49.7 Å².